The summed E-state index contributed by atoms with van der Waals surface area (Å²) >= 11 is 2.30. The molecule has 0 fully saturated rings. The number of benzene rings is 1. The quantitative estimate of drug-likeness (QED) is 0.594. The van der Waals surface area contributed by atoms with Gasteiger partial charge in [-0.3, -0.25) is 0 Å². The molecule has 0 heterocycles. The normalized spacial score (nSPS) is 13.8. The number of halogens is 1. The molecule has 0 amide bonds. The summed E-state index contributed by atoms with van der Waals surface area (Å²) in [4.78, 5) is 0. The van der Waals surface area contributed by atoms with Crippen LogP contribution in [-0.4, -0.2) is 9.04 Å². The molecule has 0 N–H and O–H groups in total. The van der Waals surface area contributed by atoms with E-state index in [1.165, 1.54) is 3.57 Å². The van der Waals surface area contributed by atoms with Crippen molar-refractivity contribution in [1.29, 1.82) is 0 Å². The molecule has 14 heavy (non-hydrogen) atoms. The van der Waals surface area contributed by atoms with Crippen LogP contribution in [-0.2, 0) is 0 Å². The van der Waals surface area contributed by atoms with E-state index >= 15 is 0 Å². The lowest BCUT2D eigenvalue weighted by atomic mass is 10.3. The molecule has 1 aromatic carbocycles. The predicted octanol–water partition coefficient (Wildman–Crippen LogP) is 3.82. The lowest BCUT2D eigenvalue weighted by Crippen LogP contribution is -2.28. The van der Waals surface area contributed by atoms with E-state index < -0.39 is 9.04 Å². The smallest absolute Gasteiger partial charge is 0.237 e. The van der Waals surface area contributed by atoms with Crippen molar-refractivity contribution in [3.63, 3.8) is 0 Å². The molecule has 0 aliphatic carbocycles. The molecule has 0 aromatic heterocycles. The lowest BCUT2D eigenvalue weighted by Gasteiger charge is -2.26. The maximum Gasteiger partial charge on any atom is 0.237 e. The van der Waals surface area contributed by atoms with E-state index in [2.05, 4.69) is 74.2 Å². The molecule has 1 unspecified atom stereocenters. The van der Waals surface area contributed by atoms with Crippen molar-refractivity contribution in [3.8, 4) is 5.75 Å². The molecule has 3 heteroatoms. The molecule has 0 aliphatic heterocycles. The first kappa shape index (κ1) is 12.0. The minimum atomic E-state index is -1.14. The van der Waals surface area contributed by atoms with Gasteiger partial charge in [-0.05, 0) is 58.4 Å². The van der Waals surface area contributed by atoms with Crippen molar-refractivity contribution in [1.82, 2.24) is 0 Å². The topological polar surface area (TPSA) is 9.23 Å². The average molecular weight is 320 g/mol. The Morgan fingerprint density at radius 1 is 1.14 bits per heavy atom. The fourth-order valence-corrected chi connectivity index (χ4v) is 2.17. The van der Waals surface area contributed by atoms with Gasteiger partial charge >= 0.3 is 0 Å². The Labute approximate surface area is 102 Å². The molecule has 0 aliphatic rings. The monoisotopic (exact) mass is 320 g/mol. The zero-order valence-corrected chi connectivity index (χ0v) is 12.5. The van der Waals surface area contributed by atoms with Crippen LogP contribution in [0.25, 0.3) is 0 Å². The molecule has 1 aromatic rings. The van der Waals surface area contributed by atoms with Gasteiger partial charge in [0.05, 0.1) is 0 Å². The molecule has 1 atom stereocenters. The Kier molecular flexibility index (Phi) is 4.01. The van der Waals surface area contributed by atoms with Crippen molar-refractivity contribution in [2.45, 2.75) is 32.4 Å². The first-order valence-corrected chi connectivity index (χ1v) is 8.10. The second-order valence-electron chi connectivity index (χ2n) is 4.58. The highest BCUT2D eigenvalue weighted by Crippen LogP contribution is 2.28. The second kappa shape index (κ2) is 4.66. The molecular formula is C11H17IOSi. The third-order valence-corrected chi connectivity index (χ3v) is 6.13. The van der Waals surface area contributed by atoms with Crippen LogP contribution in [0.4, 0.5) is 0 Å². The van der Waals surface area contributed by atoms with Crippen molar-refractivity contribution in [2.75, 3.05) is 0 Å². The van der Waals surface area contributed by atoms with Crippen LogP contribution in [0.1, 0.15) is 20.8 Å². The summed E-state index contributed by atoms with van der Waals surface area (Å²) in [6, 6.07) is 8.27. The lowest BCUT2D eigenvalue weighted by molar-refractivity contribution is 0.520. The molecule has 0 spiro atoms. The Morgan fingerprint density at radius 3 is 2.07 bits per heavy atom. The molecule has 0 radical (unpaired) electrons. The van der Waals surface area contributed by atoms with Gasteiger partial charge in [0.25, 0.3) is 0 Å². The van der Waals surface area contributed by atoms with Gasteiger partial charge in [-0.2, -0.15) is 0 Å². The molecule has 78 valence electrons. The number of rotatable bonds is 2. The van der Waals surface area contributed by atoms with E-state index in [9.17, 15) is 0 Å². The Morgan fingerprint density at radius 2 is 1.64 bits per heavy atom. The standard InChI is InChI=1S/C11H17IOSi/c1-11(2,3)14(4)13-10-7-5-9(12)6-8-10/h5-8,14H,1-4H3. The zero-order valence-electron chi connectivity index (χ0n) is 9.17. The van der Waals surface area contributed by atoms with Gasteiger partial charge in [0, 0.05) is 3.57 Å². The van der Waals surface area contributed by atoms with Gasteiger partial charge in [0.1, 0.15) is 5.75 Å². The highest BCUT2D eigenvalue weighted by molar-refractivity contribution is 14.1. The molecular weight excluding hydrogens is 303 g/mol. The fourth-order valence-electron chi connectivity index (χ4n) is 0.894. The van der Waals surface area contributed by atoms with Crippen molar-refractivity contribution < 1.29 is 4.43 Å². The van der Waals surface area contributed by atoms with Gasteiger partial charge in [-0.25, -0.2) is 0 Å². The van der Waals surface area contributed by atoms with Crippen LogP contribution < -0.4 is 4.43 Å². The summed E-state index contributed by atoms with van der Waals surface area (Å²) in [7, 11) is -1.14. The summed E-state index contributed by atoms with van der Waals surface area (Å²) < 4.78 is 7.22. The third kappa shape index (κ3) is 3.61. The Hall–Kier alpha value is -0.0331. The van der Waals surface area contributed by atoms with Crippen LogP contribution in [0.2, 0.25) is 11.6 Å². The van der Waals surface area contributed by atoms with E-state index in [-0.39, 0.29) is 0 Å². The number of hydrogen-bond donors (Lipinski definition) is 0. The number of hydrogen-bond acceptors (Lipinski definition) is 1. The Bertz CT molecular complexity index is 289. The largest absolute Gasteiger partial charge is 0.546 e. The minimum Gasteiger partial charge on any atom is -0.546 e. The fraction of sp³-hybridized carbons (Fsp3) is 0.455. The molecule has 0 saturated carbocycles. The first-order chi connectivity index (χ1) is 6.39. The summed E-state index contributed by atoms with van der Waals surface area (Å²) in [5.41, 5.74) is 0. The third-order valence-electron chi connectivity index (χ3n) is 2.35. The Balaban J connectivity index is 2.65. The van der Waals surface area contributed by atoms with E-state index in [1.807, 2.05) is 0 Å². The highest BCUT2D eigenvalue weighted by atomic mass is 127. The molecule has 1 nitrogen and oxygen atoms in total. The van der Waals surface area contributed by atoms with Crippen molar-refractivity contribution in [2.24, 2.45) is 0 Å². The van der Waals surface area contributed by atoms with Crippen molar-refractivity contribution in [3.05, 3.63) is 27.8 Å². The molecule has 1 rings (SSSR count). The summed E-state index contributed by atoms with van der Waals surface area (Å²) in [6.07, 6.45) is 0. The predicted molar refractivity (Wildman–Crippen MR) is 72.5 cm³/mol. The van der Waals surface area contributed by atoms with Gasteiger partial charge in [0.2, 0.25) is 9.04 Å². The summed E-state index contributed by atoms with van der Waals surface area (Å²) in [5.74, 6) is 1.01. The SMILES string of the molecule is C[SiH](Oc1ccc(I)cc1)C(C)(C)C. The average Bonchev–Trinajstić information content (AvgIpc) is 2.07. The molecule has 0 saturated heterocycles. The molecule has 0 bridgehead atoms. The first-order valence-electron chi connectivity index (χ1n) is 4.82. The maximum absolute atomic E-state index is 5.97. The van der Waals surface area contributed by atoms with Crippen LogP contribution in [0.15, 0.2) is 24.3 Å². The summed E-state index contributed by atoms with van der Waals surface area (Å²) in [5, 5.41) is 0.322. The van der Waals surface area contributed by atoms with E-state index in [0.717, 1.165) is 5.75 Å². The van der Waals surface area contributed by atoms with Gasteiger partial charge < -0.3 is 4.43 Å². The van der Waals surface area contributed by atoms with Gasteiger partial charge in [0.15, 0.2) is 0 Å². The van der Waals surface area contributed by atoms with E-state index in [4.69, 9.17) is 4.43 Å². The van der Waals surface area contributed by atoms with Crippen LogP contribution in [0.3, 0.4) is 0 Å². The van der Waals surface area contributed by atoms with Crippen molar-refractivity contribution >= 4 is 31.6 Å². The maximum atomic E-state index is 5.97. The van der Waals surface area contributed by atoms with Gasteiger partial charge in [-0.15, -0.1) is 0 Å². The van der Waals surface area contributed by atoms with Crippen LogP contribution in [0, 0.1) is 3.57 Å². The van der Waals surface area contributed by atoms with Gasteiger partial charge in [-0.1, -0.05) is 20.8 Å². The van der Waals surface area contributed by atoms with Crippen LogP contribution >= 0.6 is 22.6 Å². The second-order valence-corrected chi connectivity index (χ2v) is 9.08. The van der Waals surface area contributed by atoms with Crippen LogP contribution in [0.5, 0.6) is 5.75 Å². The highest BCUT2D eigenvalue weighted by Gasteiger charge is 2.24. The van der Waals surface area contributed by atoms with E-state index in [1.54, 1.807) is 0 Å². The minimum absolute atomic E-state index is 0.322. The zero-order chi connectivity index (χ0) is 10.8. The summed E-state index contributed by atoms with van der Waals surface area (Å²) in [6.45, 7) is 8.99. The van der Waals surface area contributed by atoms with E-state index in [0.29, 0.717) is 5.04 Å².